The molecule has 0 saturated carbocycles. The van der Waals surface area contributed by atoms with Gasteiger partial charge in [0.15, 0.2) is 5.76 Å². The summed E-state index contributed by atoms with van der Waals surface area (Å²) < 4.78 is 17.0. The largest absolute Gasteiger partial charge is 0.497 e. The minimum Gasteiger partial charge on any atom is -0.497 e. The Labute approximate surface area is 246 Å². The second kappa shape index (κ2) is 13.7. The van der Waals surface area contributed by atoms with Crippen LogP contribution in [-0.2, 0) is 17.8 Å². The van der Waals surface area contributed by atoms with Gasteiger partial charge in [-0.1, -0.05) is 24.2 Å². The third kappa shape index (κ3) is 7.59. The first-order valence-corrected chi connectivity index (χ1v) is 14.1. The van der Waals surface area contributed by atoms with Crippen molar-refractivity contribution < 1.29 is 28.7 Å². The number of nitrogens with zero attached hydrogens (tertiary/aromatic N) is 3. The minimum atomic E-state index is -0.457. The van der Waals surface area contributed by atoms with Crippen LogP contribution in [0.3, 0.4) is 0 Å². The number of aliphatic hydroxyl groups is 1. The number of methoxy groups -OCH3 is 1. The van der Waals surface area contributed by atoms with Crippen molar-refractivity contribution in [2.24, 2.45) is 5.92 Å². The molecule has 226 valence electrons. The topological polar surface area (TPSA) is 129 Å². The van der Waals surface area contributed by atoms with E-state index in [0.29, 0.717) is 53.8 Å². The van der Waals surface area contributed by atoms with Crippen molar-refractivity contribution in [2.75, 3.05) is 44.5 Å². The molecule has 0 aliphatic carbocycles. The number of likely N-dealkylation sites (N-methyl/N-ethyl adjacent to an activating group) is 1. The number of nitrogens with one attached hydrogen (secondary N) is 2. The molecule has 0 bridgehead atoms. The fraction of sp³-hybridized carbons (Fsp3) is 0.452. The lowest BCUT2D eigenvalue weighted by Gasteiger charge is -2.34. The van der Waals surface area contributed by atoms with Crippen molar-refractivity contribution in [3.63, 3.8) is 0 Å². The van der Waals surface area contributed by atoms with Crippen molar-refractivity contribution >= 4 is 23.3 Å². The van der Waals surface area contributed by atoms with Crippen molar-refractivity contribution in [1.82, 2.24) is 15.0 Å². The molecule has 4 rings (SSSR count). The predicted octanol–water partition coefficient (Wildman–Crippen LogP) is 4.23. The van der Waals surface area contributed by atoms with Gasteiger partial charge in [-0.05, 0) is 63.7 Å². The van der Waals surface area contributed by atoms with E-state index in [2.05, 4.69) is 27.6 Å². The number of aliphatic hydroxyl groups excluding tert-OH is 1. The fourth-order valence-corrected chi connectivity index (χ4v) is 5.08. The highest BCUT2D eigenvalue weighted by atomic mass is 16.5. The molecule has 11 nitrogen and oxygen atoms in total. The normalized spacial score (nSPS) is 17.9. The van der Waals surface area contributed by atoms with Crippen LogP contribution < -0.4 is 20.1 Å². The second-order valence-electron chi connectivity index (χ2n) is 11.0. The maximum atomic E-state index is 13.5. The number of amides is 3. The van der Waals surface area contributed by atoms with Gasteiger partial charge in [-0.3, -0.25) is 9.69 Å². The summed E-state index contributed by atoms with van der Waals surface area (Å²) in [6.45, 7) is 9.00. The van der Waals surface area contributed by atoms with Crippen LogP contribution in [0.1, 0.15) is 36.4 Å². The van der Waals surface area contributed by atoms with Crippen LogP contribution in [0.25, 0.3) is 0 Å². The number of urea groups is 1. The molecular formula is C31H41N5O6. The van der Waals surface area contributed by atoms with Crippen LogP contribution in [0.5, 0.6) is 11.5 Å². The standard InChI is InChI=1S/C31H41N5O6/c1-19-15-36(20(2)18-37)29(38)14-24-13-25(32-31(39)33-30-21(3)34-42-22(30)4)9-12-27(24)41-28(19)17-35(5)16-23-7-10-26(40-6)11-8-23/h7-13,19-20,28,37H,14-18H2,1-6H3,(H2,32,33,39)/t19-,20+,28+/m1/s1. The number of carbonyl (C=O) groups is 2. The number of aryl methyl sites for hydroxylation is 2. The third-order valence-electron chi connectivity index (χ3n) is 7.55. The van der Waals surface area contributed by atoms with Crippen molar-refractivity contribution in [2.45, 2.75) is 52.8 Å². The summed E-state index contributed by atoms with van der Waals surface area (Å²) in [5.41, 5.74) is 3.40. The SMILES string of the molecule is COc1ccc(CN(C)C[C@@H]2Oc3ccc(NC(=O)Nc4c(C)noc4C)cc3CC(=O)N([C@@H](C)CO)C[C@H]2C)cc1. The van der Waals surface area contributed by atoms with Gasteiger partial charge in [0.1, 0.15) is 29.0 Å². The van der Waals surface area contributed by atoms with Gasteiger partial charge in [-0.2, -0.15) is 0 Å². The van der Waals surface area contributed by atoms with Crippen LogP contribution in [-0.4, -0.2) is 78.0 Å². The Morgan fingerprint density at radius 1 is 1.21 bits per heavy atom. The van der Waals surface area contributed by atoms with E-state index in [-0.39, 0.29) is 37.0 Å². The quantitative estimate of drug-likeness (QED) is 0.344. The van der Waals surface area contributed by atoms with E-state index in [1.54, 1.807) is 44.1 Å². The number of anilines is 2. The van der Waals surface area contributed by atoms with E-state index in [1.165, 1.54) is 0 Å². The first-order valence-electron chi connectivity index (χ1n) is 14.1. The molecule has 3 atom stereocenters. The molecule has 0 radical (unpaired) electrons. The smallest absolute Gasteiger partial charge is 0.323 e. The van der Waals surface area contributed by atoms with Gasteiger partial charge in [0.05, 0.1) is 26.2 Å². The van der Waals surface area contributed by atoms with E-state index in [1.807, 2.05) is 38.2 Å². The predicted molar refractivity (Wildman–Crippen MR) is 160 cm³/mol. The molecule has 1 aliphatic rings. The number of ether oxygens (including phenoxy) is 2. The zero-order valence-electron chi connectivity index (χ0n) is 25.1. The fourth-order valence-electron chi connectivity index (χ4n) is 5.08. The number of hydrogen-bond donors (Lipinski definition) is 3. The molecule has 42 heavy (non-hydrogen) atoms. The molecule has 3 amide bonds. The average molecular weight is 580 g/mol. The van der Waals surface area contributed by atoms with E-state index >= 15 is 0 Å². The van der Waals surface area contributed by atoms with Gasteiger partial charge in [0.2, 0.25) is 5.91 Å². The van der Waals surface area contributed by atoms with E-state index in [4.69, 9.17) is 14.0 Å². The van der Waals surface area contributed by atoms with Gasteiger partial charge in [0.25, 0.3) is 0 Å². The number of hydrogen-bond acceptors (Lipinski definition) is 8. The molecule has 0 saturated heterocycles. The van der Waals surface area contributed by atoms with Crippen LogP contribution >= 0.6 is 0 Å². The molecule has 2 aromatic carbocycles. The van der Waals surface area contributed by atoms with Gasteiger partial charge in [-0.15, -0.1) is 0 Å². The number of fused-ring (bicyclic) bond motifs is 1. The van der Waals surface area contributed by atoms with Gasteiger partial charge < -0.3 is 34.6 Å². The number of aromatic nitrogens is 1. The summed E-state index contributed by atoms with van der Waals surface area (Å²) in [7, 11) is 3.69. The Hall–Kier alpha value is -4.09. The number of carbonyl (C=O) groups excluding carboxylic acids is 2. The maximum Gasteiger partial charge on any atom is 0.323 e. The summed E-state index contributed by atoms with van der Waals surface area (Å²) in [4.78, 5) is 30.1. The summed E-state index contributed by atoms with van der Waals surface area (Å²) in [5, 5.41) is 19.4. The highest BCUT2D eigenvalue weighted by Gasteiger charge is 2.31. The summed E-state index contributed by atoms with van der Waals surface area (Å²) in [6.07, 6.45) is -0.171. The zero-order chi connectivity index (χ0) is 30.4. The molecule has 2 heterocycles. The van der Waals surface area contributed by atoms with Crippen LogP contribution in [0, 0.1) is 19.8 Å². The molecule has 0 fully saturated rings. The molecule has 3 aromatic rings. The lowest BCUT2D eigenvalue weighted by atomic mass is 10.0. The van der Waals surface area contributed by atoms with Gasteiger partial charge in [-0.25, -0.2) is 4.79 Å². The summed E-state index contributed by atoms with van der Waals surface area (Å²) in [6, 6.07) is 12.5. The molecule has 3 N–H and O–H groups in total. The van der Waals surface area contributed by atoms with Crippen molar-refractivity contribution in [3.05, 3.63) is 65.0 Å². The van der Waals surface area contributed by atoms with Crippen LogP contribution in [0.4, 0.5) is 16.2 Å². The average Bonchev–Trinajstić information content (AvgIpc) is 3.29. The second-order valence-corrected chi connectivity index (χ2v) is 11.0. The number of rotatable bonds is 9. The summed E-state index contributed by atoms with van der Waals surface area (Å²) in [5.74, 6) is 1.77. The third-order valence-corrected chi connectivity index (χ3v) is 7.55. The van der Waals surface area contributed by atoms with Crippen molar-refractivity contribution in [3.8, 4) is 11.5 Å². The minimum absolute atomic E-state index is 0.0224. The molecule has 1 aliphatic heterocycles. The Morgan fingerprint density at radius 3 is 2.60 bits per heavy atom. The lowest BCUT2D eigenvalue weighted by Crippen LogP contribution is -2.47. The highest BCUT2D eigenvalue weighted by molar-refractivity contribution is 6.00. The van der Waals surface area contributed by atoms with Gasteiger partial charge in [0, 0.05) is 36.8 Å². The Morgan fingerprint density at radius 2 is 1.95 bits per heavy atom. The molecule has 0 unspecified atom stereocenters. The van der Waals surface area contributed by atoms with E-state index in [0.717, 1.165) is 11.3 Å². The van der Waals surface area contributed by atoms with E-state index < -0.39 is 6.03 Å². The molecular weight excluding hydrogens is 538 g/mol. The lowest BCUT2D eigenvalue weighted by molar-refractivity contribution is -0.134. The zero-order valence-corrected chi connectivity index (χ0v) is 25.1. The number of benzene rings is 2. The molecule has 0 spiro atoms. The van der Waals surface area contributed by atoms with Crippen molar-refractivity contribution in [1.29, 1.82) is 0 Å². The van der Waals surface area contributed by atoms with Crippen LogP contribution in [0.2, 0.25) is 0 Å². The highest BCUT2D eigenvalue weighted by Crippen LogP contribution is 2.30. The summed E-state index contributed by atoms with van der Waals surface area (Å²) >= 11 is 0. The van der Waals surface area contributed by atoms with Gasteiger partial charge >= 0.3 is 6.03 Å². The van der Waals surface area contributed by atoms with Crippen LogP contribution in [0.15, 0.2) is 47.0 Å². The monoisotopic (exact) mass is 579 g/mol. The molecule has 11 heteroatoms. The maximum absolute atomic E-state index is 13.5. The van der Waals surface area contributed by atoms with E-state index in [9.17, 15) is 14.7 Å². The first-order chi connectivity index (χ1) is 20.1. The molecule has 1 aromatic heterocycles. The Balaban J connectivity index is 1.56. The Kier molecular flexibility index (Phi) is 10.1. The first kappa shape index (κ1) is 30.9. The Bertz CT molecular complexity index is 1360.